The number of carboxylic acid groups (broad SMARTS) is 1. The molecule has 4 rings (SSSR count). The number of nitrogens with zero attached hydrogens (tertiary/aromatic N) is 1. The second-order valence-corrected chi connectivity index (χ2v) is 11.9. The Morgan fingerprint density at radius 2 is 2.03 bits per heavy atom. The molecule has 0 saturated carbocycles. The number of rotatable bonds is 9. The number of ether oxygens (including phenoxy) is 3. The molecule has 0 radical (unpaired) electrons. The van der Waals surface area contributed by atoms with Gasteiger partial charge < -0.3 is 19.3 Å². The van der Waals surface area contributed by atoms with E-state index in [0.717, 1.165) is 56.2 Å². The fourth-order valence-corrected chi connectivity index (χ4v) is 5.79. The highest BCUT2D eigenvalue weighted by Gasteiger charge is 2.34. The summed E-state index contributed by atoms with van der Waals surface area (Å²) in [5.41, 5.74) is 4.97. The number of aromatic nitrogens is 1. The van der Waals surface area contributed by atoms with Gasteiger partial charge in [0.05, 0.1) is 12.2 Å². The molecule has 0 spiro atoms. The number of carboxylic acids is 1. The third kappa shape index (κ3) is 6.97. The lowest BCUT2D eigenvalue weighted by molar-refractivity contribution is -0.160. The fraction of sp³-hybridized carbons (Fsp3) is 0.375. The summed E-state index contributed by atoms with van der Waals surface area (Å²) < 4.78 is 18.0. The normalized spacial score (nSPS) is 14.7. The van der Waals surface area contributed by atoms with Crippen LogP contribution in [0.4, 0.5) is 0 Å². The predicted octanol–water partition coefficient (Wildman–Crippen LogP) is 7.95. The molecule has 206 valence electrons. The smallest absolute Gasteiger partial charge is 0.337 e. The topological polar surface area (TPSA) is 77.9 Å². The maximum absolute atomic E-state index is 12.6. The summed E-state index contributed by atoms with van der Waals surface area (Å²) in [5, 5.41) is 10.3. The minimum atomic E-state index is -1.12. The highest BCUT2D eigenvalue weighted by Crippen LogP contribution is 2.48. The first-order valence-corrected chi connectivity index (χ1v) is 14.1. The van der Waals surface area contributed by atoms with Gasteiger partial charge in [0.2, 0.25) is 5.88 Å². The van der Waals surface area contributed by atoms with E-state index in [1.165, 1.54) is 0 Å². The molecule has 1 N–H and O–H groups in total. The molecule has 1 aliphatic rings. The van der Waals surface area contributed by atoms with Gasteiger partial charge >= 0.3 is 5.97 Å². The van der Waals surface area contributed by atoms with E-state index in [0.29, 0.717) is 24.7 Å². The SMILES string of the molecule is CC=CC=C(C)COc1cc(-c2sc(C)c(C(OC(C)(C)C)C(=O)O)c2-c2ccc3c(c2)CCCO3)ccn1. The third-order valence-corrected chi connectivity index (χ3v) is 7.47. The minimum Gasteiger partial charge on any atom is -0.493 e. The first-order chi connectivity index (χ1) is 18.6. The highest BCUT2D eigenvalue weighted by atomic mass is 32.1. The first-order valence-electron chi connectivity index (χ1n) is 13.2. The summed E-state index contributed by atoms with van der Waals surface area (Å²) in [5.74, 6) is 0.391. The van der Waals surface area contributed by atoms with Crippen LogP contribution in [0.25, 0.3) is 21.6 Å². The van der Waals surface area contributed by atoms with Crippen LogP contribution in [-0.2, 0) is 16.0 Å². The van der Waals surface area contributed by atoms with Crippen molar-refractivity contribution in [2.24, 2.45) is 0 Å². The van der Waals surface area contributed by atoms with Crippen LogP contribution in [0.2, 0.25) is 0 Å². The van der Waals surface area contributed by atoms with Crippen molar-refractivity contribution in [2.45, 2.75) is 66.1 Å². The Labute approximate surface area is 235 Å². The van der Waals surface area contributed by atoms with Gasteiger partial charge in [0.15, 0.2) is 6.10 Å². The lowest BCUT2D eigenvalue weighted by Gasteiger charge is -2.26. The summed E-state index contributed by atoms with van der Waals surface area (Å²) in [6.07, 6.45) is 8.46. The van der Waals surface area contributed by atoms with E-state index >= 15 is 0 Å². The van der Waals surface area contributed by atoms with Crippen molar-refractivity contribution in [2.75, 3.05) is 13.2 Å². The Bertz CT molecular complexity index is 1400. The molecule has 1 aliphatic heterocycles. The van der Waals surface area contributed by atoms with Crippen molar-refractivity contribution in [3.8, 4) is 33.2 Å². The van der Waals surface area contributed by atoms with E-state index in [2.05, 4.69) is 11.1 Å². The van der Waals surface area contributed by atoms with Gasteiger partial charge in [0.1, 0.15) is 12.4 Å². The average molecular weight is 548 g/mol. The third-order valence-electron chi connectivity index (χ3n) is 6.30. The van der Waals surface area contributed by atoms with E-state index in [1.54, 1.807) is 17.5 Å². The zero-order valence-electron chi connectivity index (χ0n) is 23.5. The Morgan fingerprint density at radius 3 is 2.74 bits per heavy atom. The monoisotopic (exact) mass is 547 g/mol. The Hall–Kier alpha value is -3.42. The molecule has 3 aromatic rings. The van der Waals surface area contributed by atoms with Gasteiger partial charge in [-0.25, -0.2) is 9.78 Å². The summed E-state index contributed by atoms with van der Waals surface area (Å²) in [7, 11) is 0. The van der Waals surface area contributed by atoms with Crippen molar-refractivity contribution in [1.82, 2.24) is 4.98 Å². The van der Waals surface area contributed by atoms with Crippen LogP contribution < -0.4 is 9.47 Å². The fourth-order valence-electron chi connectivity index (χ4n) is 4.59. The van der Waals surface area contributed by atoms with Crippen molar-refractivity contribution in [3.05, 3.63) is 76.3 Å². The van der Waals surface area contributed by atoms with E-state index in [1.807, 2.05) is 84.0 Å². The number of fused-ring (bicyclic) bond motifs is 1. The number of allylic oxidation sites excluding steroid dienone is 3. The first kappa shape index (κ1) is 28.6. The summed E-state index contributed by atoms with van der Waals surface area (Å²) in [4.78, 5) is 18.9. The lowest BCUT2D eigenvalue weighted by Crippen LogP contribution is -2.27. The standard InChI is InChI=1S/C32H37NO5S/c1-7-8-10-20(2)19-37-26-18-24(14-15-33-26)30-28(23-12-13-25-22(17-23)11-9-16-36-25)27(21(3)39-30)29(31(34)35)38-32(4,5)6/h7-8,10,12-15,17-18,29H,9,11,16,19H2,1-6H3,(H,34,35). The molecule has 0 bridgehead atoms. The van der Waals surface area contributed by atoms with Crippen molar-refractivity contribution in [3.63, 3.8) is 0 Å². The zero-order chi connectivity index (χ0) is 28.2. The van der Waals surface area contributed by atoms with E-state index in [-0.39, 0.29) is 0 Å². The molecule has 7 heteroatoms. The minimum absolute atomic E-state index is 0.424. The van der Waals surface area contributed by atoms with Crippen LogP contribution in [0.15, 0.2) is 60.3 Å². The number of pyridine rings is 1. The van der Waals surface area contributed by atoms with Crippen LogP contribution in [0.1, 0.15) is 63.1 Å². The van der Waals surface area contributed by atoms with Gasteiger partial charge in [0, 0.05) is 33.1 Å². The largest absolute Gasteiger partial charge is 0.493 e. The molecule has 0 amide bonds. The number of hydrogen-bond donors (Lipinski definition) is 1. The lowest BCUT2D eigenvalue weighted by atomic mass is 9.92. The van der Waals surface area contributed by atoms with Gasteiger partial charge in [-0.2, -0.15) is 0 Å². The number of hydrogen-bond acceptors (Lipinski definition) is 6. The van der Waals surface area contributed by atoms with Crippen molar-refractivity contribution < 1.29 is 24.1 Å². The van der Waals surface area contributed by atoms with Gasteiger partial charge in [0.25, 0.3) is 0 Å². The second kappa shape index (κ2) is 12.2. The van der Waals surface area contributed by atoms with Crippen LogP contribution in [0, 0.1) is 6.92 Å². The number of aliphatic carboxylic acids is 1. The summed E-state index contributed by atoms with van der Waals surface area (Å²) >= 11 is 1.56. The molecule has 6 nitrogen and oxygen atoms in total. The summed E-state index contributed by atoms with van der Waals surface area (Å²) in [6.45, 7) is 12.7. The molecule has 3 heterocycles. The molecule has 0 saturated heterocycles. The molecular weight excluding hydrogens is 510 g/mol. The number of benzene rings is 1. The van der Waals surface area contributed by atoms with Crippen LogP contribution in [0.5, 0.6) is 11.6 Å². The van der Waals surface area contributed by atoms with Crippen LogP contribution in [-0.4, -0.2) is 34.9 Å². The van der Waals surface area contributed by atoms with E-state index in [9.17, 15) is 9.90 Å². The quantitative estimate of drug-likeness (QED) is 0.274. The average Bonchev–Trinajstić information content (AvgIpc) is 3.25. The maximum Gasteiger partial charge on any atom is 0.337 e. The number of aryl methyl sites for hydroxylation is 2. The molecule has 1 aromatic carbocycles. The Morgan fingerprint density at radius 1 is 1.23 bits per heavy atom. The number of carbonyl (C=O) groups is 1. The molecule has 0 fully saturated rings. The Balaban J connectivity index is 1.85. The van der Waals surface area contributed by atoms with Gasteiger partial charge in [-0.3, -0.25) is 0 Å². The van der Waals surface area contributed by atoms with E-state index < -0.39 is 17.7 Å². The molecule has 2 aromatic heterocycles. The van der Waals surface area contributed by atoms with Gasteiger partial charge in [-0.1, -0.05) is 24.3 Å². The van der Waals surface area contributed by atoms with Crippen molar-refractivity contribution >= 4 is 17.3 Å². The van der Waals surface area contributed by atoms with Gasteiger partial charge in [-0.05, 0) is 94.8 Å². The second-order valence-electron chi connectivity index (χ2n) is 10.7. The highest BCUT2D eigenvalue weighted by molar-refractivity contribution is 7.16. The Kier molecular flexibility index (Phi) is 8.93. The van der Waals surface area contributed by atoms with Crippen LogP contribution in [0.3, 0.4) is 0 Å². The van der Waals surface area contributed by atoms with Gasteiger partial charge in [-0.15, -0.1) is 11.3 Å². The molecular formula is C32H37NO5S. The maximum atomic E-state index is 12.6. The molecule has 0 aliphatic carbocycles. The van der Waals surface area contributed by atoms with Crippen molar-refractivity contribution in [1.29, 1.82) is 0 Å². The predicted molar refractivity (Wildman–Crippen MR) is 157 cm³/mol. The zero-order valence-corrected chi connectivity index (χ0v) is 24.4. The molecule has 1 atom stereocenters. The molecule has 1 unspecified atom stereocenters. The van der Waals surface area contributed by atoms with E-state index in [4.69, 9.17) is 14.2 Å². The summed E-state index contributed by atoms with van der Waals surface area (Å²) in [6, 6.07) is 10.0. The molecule has 39 heavy (non-hydrogen) atoms. The number of thiophene rings is 1. The van der Waals surface area contributed by atoms with Crippen LogP contribution >= 0.6 is 11.3 Å².